The van der Waals surface area contributed by atoms with E-state index in [4.69, 9.17) is 0 Å². The zero-order chi connectivity index (χ0) is 14.0. The van der Waals surface area contributed by atoms with Crippen molar-refractivity contribution in [1.29, 1.82) is 0 Å². The van der Waals surface area contributed by atoms with Crippen LogP contribution in [0.3, 0.4) is 0 Å². The maximum Gasteiger partial charge on any atom is 0.405 e. The summed E-state index contributed by atoms with van der Waals surface area (Å²) in [5.74, 6) is 0.782. The van der Waals surface area contributed by atoms with Crippen molar-refractivity contribution in [3.05, 3.63) is 18.2 Å². The van der Waals surface area contributed by atoms with Gasteiger partial charge in [0.2, 0.25) is 5.65 Å². The molecule has 2 heterocycles. The summed E-state index contributed by atoms with van der Waals surface area (Å²) in [5, 5.41) is 8.13. The van der Waals surface area contributed by atoms with Gasteiger partial charge in [-0.05, 0) is 6.92 Å². The van der Waals surface area contributed by atoms with E-state index in [-0.39, 0.29) is 12.4 Å². The van der Waals surface area contributed by atoms with Crippen LogP contribution in [0.4, 0.5) is 19.0 Å². The lowest BCUT2D eigenvalue weighted by atomic mass is 10.4. The maximum absolute atomic E-state index is 12.6. The quantitative estimate of drug-likeness (QED) is 0.802. The summed E-state index contributed by atoms with van der Waals surface area (Å²) < 4.78 is 39.4. The molecule has 104 valence electrons. The Hall–Kier alpha value is -1.38. The molecule has 2 aromatic rings. The van der Waals surface area contributed by atoms with Crippen LogP contribution in [0, 0.1) is 6.92 Å². The molecule has 0 N–H and O–H groups in total. The summed E-state index contributed by atoms with van der Waals surface area (Å²) >= 11 is 3.14. The van der Waals surface area contributed by atoms with E-state index in [1.165, 1.54) is 6.20 Å². The molecule has 19 heavy (non-hydrogen) atoms. The molecule has 0 aliphatic rings. The SMILES string of the molecule is Cc1nnc2c(N(CCBr)CC(F)(F)F)nccn12. The van der Waals surface area contributed by atoms with Crippen LogP contribution in [0.25, 0.3) is 5.65 Å². The van der Waals surface area contributed by atoms with Gasteiger partial charge in [-0.3, -0.25) is 4.40 Å². The number of aromatic nitrogens is 4. The third-order valence-corrected chi connectivity index (χ3v) is 2.86. The summed E-state index contributed by atoms with van der Waals surface area (Å²) in [7, 11) is 0. The summed E-state index contributed by atoms with van der Waals surface area (Å²) in [6, 6.07) is 0. The lowest BCUT2D eigenvalue weighted by molar-refractivity contribution is -0.119. The molecule has 0 spiro atoms. The molecule has 0 saturated heterocycles. The number of hydrogen-bond acceptors (Lipinski definition) is 4. The zero-order valence-corrected chi connectivity index (χ0v) is 11.6. The molecule has 0 aromatic carbocycles. The Kier molecular flexibility index (Phi) is 3.93. The van der Waals surface area contributed by atoms with Gasteiger partial charge in [0.25, 0.3) is 0 Å². The van der Waals surface area contributed by atoms with Gasteiger partial charge in [-0.1, -0.05) is 15.9 Å². The Morgan fingerprint density at radius 2 is 2.11 bits per heavy atom. The minimum atomic E-state index is -4.30. The van der Waals surface area contributed by atoms with Gasteiger partial charge in [-0.15, -0.1) is 10.2 Å². The summed E-state index contributed by atoms with van der Waals surface area (Å²) in [6.45, 7) is 0.831. The molecule has 0 bridgehead atoms. The van der Waals surface area contributed by atoms with Crippen LogP contribution in [-0.2, 0) is 0 Å². The highest BCUT2D eigenvalue weighted by molar-refractivity contribution is 9.09. The van der Waals surface area contributed by atoms with Crippen molar-refractivity contribution in [2.75, 3.05) is 23.3 Å². The van der Waals surface area contributed by atoms with E-state index in [2.05, 4.69) is 31.1 Å². The van der Waals surface area contributed by atoms with E-state index in [1.54, 1.807) is 17.5 Å². The van der Waals surface area contributed by atoms with Gasteiger partial charge in [-0.2, -0.15) is 13.2 Å². The lowest BCUT2D eigenvalue weighted by Crippen LogP contribution is -2.36. The Balaban J connectivity index is 2.44. The number of anilines is 1. The van der Waals surface area contributed by atoms with Crippen molar-refractivity contribution in [3.63, 3.8) is 0 Å². The average molecular weight is 338 g/mol. The van der Waals surface area contributed by atoms with Crippen molar-refractivity contribution in [3.8, 4) is 0 Å². The number of rotatable bonds is 4. The van der Waals surface area contributed by atoms with Gasteiger partial charge < -0.3 is 4.90 Å². The fraction of sp³-hybridized carbons (Fsp3) is 0.500. The van der Waals surface area contributed by atoms with E-state index < -0.39 is 12.7 Å². The predicted molar refractivity (Wildman–Crippen MR) is 67.6 cm³/mol. The summed E-state index contributed by atoms with van der Waals surface area (Å²) in [6.07, 6.45) is -1.24. The summed E-state index contributed by atoms with van der Waals surface area (Å²) in [5.41, 5.74) is 0.324. The molecule has 0 unspecified atom stereocenters. The molecular formula is C10H11BrF3N5. The highest BCUT2D eigenvalue weighted by Crippen LogP contribution is 2.23. The fourth-order valence-corrected chi connectivity index (χ4v) is 2.16. The third kappa shape index (κ3) is 3.14. The van der Waals surface area contributed by atoms with Crippen LogP contribution < -0.4 is 4.90 Å². The number of halogens is 4. The number of nitrogens with zero attached hydrogens (tertiary/aromatic N) is 5. The molecule has 0 radical (unpaired) electrons. The van der Waals surface area contributed by atoms with E-state index in [9.17, 15) is 13.2 Å². The highest BCUT2D eigenvalue weighted by Gasteiger charge is 2.32. The van der Waals surface area contributed by atoms with Gasteiger partial charge in [0, 0.05) is 24.3 Å². The van der Waals surface area contributed by atoms with Gasteiger partial charge >= 0.3 is 6.18 Å². The van der Waals surface area contributed by atoms with Crippen LogP contribution in [0.15, 0.2) is 12.4 Å². The Morgan fingerprint density at radius 1 is 1.37 bits per heavy atom. The maximum atomic E-state index is 12.6. The second-order valence-electron chi connectivity index (χ2n) is 3.92. The van der Waals surface area contributed by atoms with Gasteiger partial charge in [0.15, 0.2) is 5.82 Å². The molecule has 0 atom stereocenters. The van der Waals surface area contributed by atoms with Crippen LogP contribution in [0.2, 0.25) is 0 Å². The van der Waals surface area contributed by atoms with Crippen molar-refractivity contribution in [2.45, 2.75) is 13.1 Å². The van der Waals surface area contributed by atoms with E-state index in [0.29, 0.717) is 16.8 Å². The van der Waals surface area contributed by atoms with Crippen molar-refractivity contribution in [1.82, 2.24) is 19.6 Å². The fourth-order valence-electron chi connectivity index (χ4n) is 1.73. The van der Waals surface area contributed by atoms with Crippen LogP contribution >= 0.6 is 15.9 Å². The zero-order valence-electron chi connectivity index (χ0n) is 10.0. The highest BCUT2D eigenvalue weighted by atomic mass is 79.9. The van der Waals surface area contributed by atoms with Crippen molar-refractivity contribution >= 4 is 27.4 Å². The van der Waals surface area contributed by atoms with Crippen molar-refractivity contribution in [2.24, 2.45) is 0 Å². The number of alkyl halides is 4. The molecule has 9 heteroatoms. The van der Waals surface area contributed by atoms with Crippen LogP contribution in [0.5, 0.6) is 0 Å². The molecule has 2 aromatic heterocycles. The van der Waals surface area contributed by atoms with E-state index in [0.717, 1.165) is 4.90 Å². The minimum Gasteiger partial charge on any atom is -0.344 e. The Bertz CT molecular complexity index is 568. The molecule has 0 aliphatic heterocycles. The molecule has 0 saturated carbocycles. The molecule has 2 rings (SSSR count). The first-order valence-electron chi connectivity index (χ1n) is 5.46. The largest absolute Gasteiger partial charge is 0.405 e. The standard InChI is InChI=1S/C10H11BrF3N5/c1-7-16-17-9-8(15-3-5-19(7)9)18(4-2-11)6-10(12,13)14/h3,5H,2,4,6H2,1H3. The number of fused-ring (bicyclic) bond motifs is 1. The smallest absolute Gasteiger partial charge is 0.344 e. The average Bonchev–Trinajstić information content (AvgIpc) is 2.69. The Labute approximate surface area is 115 Å². The molecule has 0 amide bonds. The topological polar surface area (TPSA) is 46.3 Å². The van der Waals surface area contributed by atoms with E-state index >= 15 is 0 Å². The van der Waals surface area contributed by atoms with Gasteiger partial charge in [0.1, 0.15) is 12.4 Å². The molecule has 0 aliphatic carbocycles. The Morgan fingerprint density at radius 3 is 2.74 bits per heavy atom. The molecule has 0 fully saturated rings. The third-order valence-electron chi connectivity index (χ3n) is 2.50. The van der Waals surface area contributed by atoms with Crippen LogP contribution in [0.1, 0.15) is 5.82 Å². The first-order valence-corrected chi connectivity index (χ1v) is 6.58. The van der Waals surface area contributed by atoms with Crippen LogP contribution in [-0.4, -0.2) is 44.2 Å². The van der Waals surface area contributed by atoms with Crippen molar-refractivity contribution < 1.29 is 13.2 Å². The van der Waals surface area contributed by atoms with Gasteiger partial charge in [-0.25, -0.2) is 4.98 Å². The van der Waals surface area contributed by atoms with E-state index in [1.807, 2.05) is 0 Å². The first kappa shape index (κ1) is 14.0. The normalized spacial score (nSPS) is 12.1. The number of aryl methyl sites for hydroxylation is 1. The van der Waals surface area contributed by atoms with Gasteiger partial charge in [0.05, 0.1) is 0 Å². The monoisotopic (exact) mass is 337 g/mol. The number of hydrogen-bond donors (Lipinski definition) is 0. The lowest BCUT2D eigenvalue weighted by Gasteiger charge is -2.23. The molecule has 5 nitrogen and oxygen atoms in total. The molecular weight excluding hydrogens is 327 g/mol. The second-order valence-corrected chi connectivity index (χ2v) is 4.71. The summed E-state index contributed by atoms with van der Waals surface area (Å²) in [4.78, 5) is 5.14. The second kappa shape index (κ2) is 5.32. The predicted octanol–water partition coefficient (Wildman–Crippen LogP) is 2.20. The minimum absolute atomic E-state index is 0.179. The first-order chi connectivity index (χ1) is 8.92.